The molecule has 1 unspecified atom stereocenters. The maximum atomic E-state index is 4.39. The van der Waals surface area contributed by atoms with E-state index in [0.717, 1.165) is 22.8 Å². The molecule has 1 N–H and O–H groups in total. The summed E-state index contributed by atoms with van der Waals surface area (Å²) in [6, 6.07) is 2.09. The highest BCUT2D eigenvalue weighted by Gasteiger charge is 2.10. The number of aryl methyl sites for hydroxylation is 1. The quantitative estimate of drug-likeness (QED) is 0.849. The van der Waals surface area contributed by atoms with Crippen LogP contribution in [0.3, 0.4) is 0 Å². The number of hydrogen-bond donors (Lipinski definition) is 1. The molecule has 0 saturated heterocycles. The van der Waals surface area contributed by atoms with Crippen molar-refractivity contribution < 1.29 is 0 Å². The van der Waals surface area contributed by atoms with Crippen LogP contribution in [-0.2, 0) is 0 Å². The lowest BCUT2D eigenvalue weighted by atomic mass is 9.94. The van der Waals surface area contributed by atoms with Crippen LogP contribution < -0.4 is 5.32 Å². The number of allylic oxidation sites excluding steroid dienone is 2. The van der Waals surface area contributed by atoms with Crippen LogP contribution in [0.25, 0.3) is 0 Å². The summed E-state index contributed by atoms with van der Waals surface area (Å²) in [5, 5.41) is 3.44. The number of hydrogen-bond acceptors (Lipinski definition) is 2. The van der Waals surface area contributed by atoms with Crippen molar-refractivity contribution in [2.75, 3.05) is 11.9 Å². The Labute approximate surface area is 105 Å². The Balaban J connectivity index is 1.91. The molecule has 16 heavy (non-hydrogen) atoms. The molecule has 1 heterocycles. The smallest absolute Gasteiger partial charge is 0.128 e. The van der Waals surface area contributed by atoms with Crippen molar-refractivity contribution in [1.82, 2.24) is 4.98 Å². The fourth-order valence-corrected chi connectivity index (χ4v) is 2.45. The van der Waals surface area contributed by atoms with Crippen molar-refractivity contribution in [1.29, 1.82) is 0 Å². The maximum Gasteiger partial charge on any atom is 0.128 e. The third-order valence-electron chi connectivity index (χ3n) is 2.98. The van der Waals surface area contributed by atoms with E-state index < -0.39 is 0 Å². The van der Waals surface area contributed by atoms with Crippen LogP contribution in [0.2, 0.25) is 0 Å². The standard InChI is InChI=1S/C13H17BrN2/c1-10-7-12(14)9-16-13(10)15-8-11-5-3-2-4-6-11/h2-3,7,9,11H,4-6,8H2,1H3,(H,15,16). The van der Waals surface area contributed by atoms with E-state index in [1.165, 1.54) is 24.8 Å². The summed E-state index contributed by atoms with van der Waals surface area (Å²) >= 11 is 3.42. The van der Waals surface area contributed by atoms with E-state index in [0.29, 0.717) is 0 Å². The van der Waals surface area contributed by atoms with Gasteiger partial charge in [0.2, 0.25) is 0 Å². The Morgan fingerprint density at radius 3 is 3.06 bits per heavy atom. The summed E-state index contributed by atoms with van der Waals surface area (Å²) in [4.78, 5) is 4.39. The number of rotatable bonds is 3. The zero-order valence-corrected chi connectivity index (χ0v) is 11.1. The van der Waals surface area contributed by atoms with Crippen LogP contribution in [0.4, 0.5) is 5.82 Å². The summed E-state index contributed by atoms with van der Waals surface area (Å²) < 4.78 is 1.04. The first-order chi connectivity index (χ1) is 7.75. The molecule has 0 fully saturated rings. The predicted molar refractivity (Wildman–Crippen MR) is 71.6 cm³/mol. The van der Waals surface area contributed by atoms with Gasteiger partial charge in [0.1, 0.15) is 5.82 Å². The molecule has 2 rings (SSSR count). The monoisotopic (exact) mass is 280 g/mol. The molecule has 1 aliphatic carbocycles. The van der Waals surface area contributed by atoms with Gasteiger partial charge in [0.05, 0.1) is 0 Å². The average molecular weight is 281 g/mol. The molecule has 86 valence electrons. The van der Waals surface area contributed by atoms with E-state index in [1.54, 1.807) is 0 Å². The van der Waals surface area contributed by atoms with Crippen molar-refractivity contribution in [3.05, 3.63) is 34.5 Å². The second-order valence-electron chi connectivity index (χ2n) is 4.35. The fraction of sp³-hybridized carbons (Fsp3) is 0.462. The van der Waals surface area contributed by atoms with Gasteiger partial charge < -0.3 is 5.32 Å². The van der Waals surface area contributed by atoms with E-state index >= 15 is 0 Å². The van der Waals surface area contributed by atoms with Gasteiger partial charge in [0.25, 0.3) is 0 Å². The van der Waals surface area contributed by atoms with E-state index in [1.807, 2.05) is 6.20 Å². The van der Waals surface area contributed by atoms with Gasteiger partial charge in [-0.1, -0.05) is 12.2 Å². The van der Waals surface area contributed by atoms with Gasteiger partial charge in [-0.2, -0.15) is 0 Å². The molecule has 0 aromatic carbocycles. The Hall–Kier alpha value is -0.830. The van der Waals surface area contributed by atoms with Crippen LogP contribution in [0.15, 0.2) is 28.9 Å². The lowest BCUT2D eigenvalue weighted by Crippen LogP contribution is -2.16. The third-order valence-corrected chi connectivity index (χ3v) is 3.41. The van der Waals surface area contributed by atoms with E-state index in [9.17, 15) is 0 Å². The van der Waals surface area contributed by atoms with Crippen molar-refractivity contribution >= 4 is 21.7 Å². The van der Waals surface area contributed by atoms with Crippen LogP contribution in [0.5, 0.6) is 0 Å². The molecule has 3 heteroatoms. The van der Waals surface area contributed by atoms with Gasteiger partial charge in [-0.05, 0) is 59.7 Å². The number of halogens is 1. The lowest BCUT2D eigenvalue weighted by Gasteiger charge is -2.19. The predicted octanol–water partition coefficient (Wildman–Crippen LogP) is 3.92. The van der Waals surface area contributed by atoms with Gasteiger partial charge in [-0.15, -0.1) is 0 Å². The van der Waals surface area contributed by atoms with E-state index in [2.05, 4.69) is 51.4 Å². The number of aromatic nitrogens is 1. The Morgan fingerprint density at radius 2 is 2.38 bits per heavy atom. The Morgan fingerprint density at radius 1 is 1.50 bits per heavy atom. The molecule has 1 aromatic rings. The van der Waals surface area contributed by atoms with Gasteiger partial charge >= 0.3 is 0 Å². The van der Waals surface area contributed by atoms with Gasteiger partial charge in [0.15, 0.2) is 0 Å². The minimum absolute atomic E-state index is 0.759. The summed E-state index contributed by atoms with van der Waals surface area (Å²) in [7, 11) is 0. The van der Waals surface area contributed by atoms with Crippen LogP contribution in [0, 0.1) is 12.8 Å². The third kappa shape index (κ3) is 3.08. The highest BCUT2D eigenvalue weighted by molar-refractivity contribution is 9.10. The van der Waals surface area contributed by atoms with Gasteiger partial charge in [-0.3, -0.25) is 0 Å². The highest BCUT2D eigenvalue weighted by atomic mass is 79.9. The molecule has 2 nitrogen and oxygen atoms in total. The second-order valence-corrected chi connectivity index (χ2v) is 5.27. The van der Waals surface area contributed by atoms with Crippen LogP contribution in [0.1, 0.15) is 24.8 Å². The molecule has 1 atom stereocenters. The van der Waals surface area contributed by atoms with E-state index in [-0.39, 0.29) is 0 Å². The zero-order valence-electron chi connectivity index (χ0n) is 9.54. The fourth-order valence-electron chi connectivity index (χ4n) is 2.01. The number of pyridine rings is 1. The van der Waals surface area contributed by atoms with Gasteiger partial charge in [0, 0.05) is 17.2 Å². The summed E-state index contributed by atoms with van der Waals surface area (Å²) in [5.74, 6) is 1.77. The molecule has 0 radical (unpaired) electrons. The zero-order chi connectivity index (χ0) is 11.4. The van der Waals surface area contributed by atoms with Crippen molar-refractivity contribution in [3.8, 4) is 0 Å². The second kappa shape index (κ2) is 5.48. The van der Waals surface area contributed by atoms with Crippen LogP contribution >= 0.6 is 15.9 Å². The van der Waals surface area contributed by atoms with E-state index in [4.69, 9.17) is 0 Å². The SMILES string of the molecule is Cc1cc(Br)cnc1NCC1CC=CCC1. The number of anilines is 1. The molecule has 0 aliphatic heterocycles. The Kier molecular flexibility index (Phi) is 3.99. The molecular formula is C13H17BrN2. The summed E-state index contributed by atoms with van der Waals surface area (Å²) in [6.07, 6.45) is 10.1. The number of nitrogens with zero attached hydrogens (tertiary/aromatic N) is 1. The molecule has 0 saturated carbocycles. The molecule has 1 aliphatic rings. The maximum absolute atomic E-state index is 4.39. The molecule has 0 spiro atoms. The summed E-state index contributed by atoms with van der Waals surface area (Å²) in [6.45, 7) is 3.11. The first-order valence-corrected chi connectivity index (χ1v) is 6.56. The molecule has 0 amide bonds. The molecule has 0 bridgehead atoms. The first kappa shape index (κ1) is 11.6. The Bertz CT molecular complexity index is 388. The van der Waals surface area contributed by atoms with Crippen molar-refractivity contribution in [2.24, 2.45) is 5.92 Å². The van der Waals surface area contributed by atoms with Crippen LogP contribution in [-0.4, -0.2) is 11.5 Å². The summed E-state index contributed by atoms with van der Waals surface area (Å²) in [5.41, 5.74) is 1.20. The molecular weight excluding hydrogens is 264 g/mol. The normalized spacial score (nSPS) is 19.8. The van der Waals surface area contributed by atoms with Crippen molar-refractivity contribution in [3.63, 3.8) is 0 Å². The highest BCUT2D eigenvalue weighted by Crippen LogP contribution is 2.20. The topological polar surface area (TPSA) is 24.9 Å². The minimum atomic E-state index is 0.759. The minimum Gasteiger partial charge on any atom is -0.370 e. The lowest BCUT2D eigenvalue weighted by molar-refractivity contribution is 0.503. The largest absolute Gasteiger partial charge is 0.370 e. The first-order valence-electron chi connectivity index (χ1n) is 5.76. The molecule has 1 aromatic heterocycles. The number of nitrogens with one attached hydrogen (secondary N) is 1. The van der Waals surface area contributed by atoms with Gasteiger partial charge in [-0.25, -0.2) is 4.98 Å². The van der Waals surface area contributed by atoms with Crippen molar-refractivity contribution in [2.45, 2.75) is 26.2 Å². The average Bonchev–Trinajstić information content (AvgIpc) is 2.29.